The van der Waals surface area contributed by atoms with Crippen molar-refractivity contribution in [1.82, 2.24) is 4.90 Å². The number of hydrogen-bond acceptors (Lipinski definition) is 4. The van der Waals surface area contributed by atoms with Crippen LogP contribution in [0, 0.1) is 13.8 Å². The minimum Gasteiger partial charge on any atom is -0.493 e. The number of hydrogen-bond donors (Lipinski definition) is 1. The molecule has 0 bridgehead atoms. The molecule has 2 amide bonds. The Kier molecular flexibility index (Phi) is 6.45. The Morgan fingerprint density at radius 2 is 1.63 bits per heavy atom. The fraction of sp³-hybridized carbons (Fsp3) is 0.333. The first-order valence-corrected chi connectivity index (χ1v) is 8.60. The number of anilines is 1. The van der Waals surface area contributed by atoms with E-state index >= 15 is 0 Å². The molecular formula is C21H26N2O4. The van der Waals surface area contributed by atoms with Gasteiger partial charge in [0.2, 0.25) is 5.91 Å². The summed E-state index contributed by atoms with van der Waals surface area (Å²) in [6.45, 7) is 3.96. The van der Waals surface area contributed by atoms with Gasteiger partial charge in [-0.15, -0.1) is 0 Å². The highest BCUT2D eigenvalue weighted by molar-refractivity contribution is 6.04. The first-order valence-electron chi connectivity index (χ1n) is 8.60. The minimum atomic E-state index is -0.238. The number of nitrogens with zero attached hydrogens (tertiary/aromatic N) is 1. The van der Waals surface area contributed by atoms with E-state index in [2.05, 4.69) is 5.32 Å². The summed E-state index contributed by atoms with van der Waals surface area (Å²) in [5.41, 5.74) is 3.83. The van der Waals surface area contributed by atoms with Crippen molar-refractivity contribution in [2.45, 2.75) is 20.3 Å². The van der Waals surface area contributed by atoms with Gasteiger partial charge in [-0.05, 0) is 31.0 Å². The second-order valence-electron chi connectivity index (χ2n) is 6.61. The summed E-state index contributed by atoms with van der Waals surface area (Å²) in [5.74, 6) is 0.423. The molecule has 0 aliphatic heterocycles. The third kappa shape index (κ3) is 4.78. The zero-order valence-corrected chi connectivity index (χ0v) is 16.7. The summed E-state index contributed by atoms with van der Waals surface area (Å²) in [7, 11) is 6.31. The Morgan fingerprint density at radius 1 is 1.00 bits per heavy atom. The molecule has 144 valence electrons. The first kappa shape index (κ1) is 20.3. The van der Waals surface area contributed by atoms with Gasteiger partial charge in [-0.25, -0.2) is 0 Å². The second-order valence-corrected chi connectivity index (χ2v) is 6.61. The van der Waals surface area contributed by atoms with Crippen LogP contribution in [0.2, 0.25) is 0 Å². The number of ether oxygens (including phenoxy) is 2. The molecule has 27 heavy (non-hydrogen) atoms. The first-order chi connectivity index (χ1) is 12.8. The van der Waals surface area contributed by atoms with Crippen molar-refractivity contribution in [1.29, 1.82) is 0 Å². The van der Waals surface area contributed by atoms with Crippen molar-refractivity contribution in [3.8, 4) is 11.5 Å². The number of aryl methyl sites for hydroxylation is 2. The molecule has 0 aromatic heterocycles. The van der Waals surface area contributed by atoms with Crippen LogP contribution < -0.4 is 14.8 Å². The number of rotatable bonds is 6. The summed E-state index contributed by atoms with van der Waals surface area (Å²) >= 11 is 0. The van der Waals surface area contributed by atoms with E-state index in [4.69, 9.17) is 9.47 Å². The maximum atomic E-state index is 12.6. The molecule has 0 aliphatic carbocycles. The monoisotopic (exact) mass is 370 g/mol. The lowest BCUT2D eigenvalue weighted by atomic mass is 10.0. The summed E-state index contributed by atoms with van der Waals surface area (Å²) in [5, 5.41) is 2.85. The molecule has 6 heteroatoms. The summed E-state index contributed by atoms with van der Waals surface area (Å²) < 4.78 is 10.6. The van der Waals surface area contributed by atoms with Gasteiger partial charge in [0, 0.05) is 20.2 Å². The largest absolute Gasteiger partial charge is 0.493 e. The van der Waals surface area contributed by atoms with Crippen LogP contribution in [0.5, 0.6) is 11.5 Å². The Morgan fingerprint density at radius 3 is 2.22 bits per heavy atom. The third-order valence-corrected chi connectivity index (χ3v) is 4.29. The molecule has 0 heterocycles. The normalized spacial score (nSPS) is 10.3. The Labute approximate surface area is 160 Å². The van der Waals surface area contributed by atoms with Crippen LogP contribution in [0.25, 0.3) is 0 Å². The van der Waals surface area contributed by atoms with E-state index in [1.165, 1.54) is 19.1 Å². The summed E-state index contributed by atoms with van der Waals surface area (Å²) in [6.07, 6.45) is 0.220. The fourth-order valence-corrected chi connectivity index (χ4v) is 2.76. The van der Waals surface area contributed by atoms with Gasteiger partial charge in [-0.2, -0.15) is 0 Å². The Balaban J connectivity index is 2.36. The van der Waals surface area contributed by atoms with Crippen LogP contribution in [0.15, 0.2) is 30.3 Å². The quantitative estimate of drug-likeness (QED) is 0.848. The van der Waals surface area contributed by atoms with Gasteiger partial charge in [0.05, 0.1) is 31.9 Å². The molecule has 0 radical (unpaired) electrons. The van der Waals surface area contributed by atoms with Crippen LogP contribution in [-0.2, 0) is 11.2 Å². The lowest BCUT2D eigenvalue weighted by Gasteiger charge is -2.18. The molecule has 6 nitrogen and oxygen atoms in total. The van der Waals surface area contributed by atoms with Crippen molar-refractivity contribution in [3.63, 3.8) is 0 Å². The van der Waals surface area contributed by atoms with Crippen molar-refractivity contribution in [2.75, 3.05) is 33.6 Å². The molecule has 0 unspecified atom stereocenters. The number of methoxy groups -OCH3 is 2. The van der Waals surface area contributed by atoms with Crippen LogP contribution in [-0.4, -0.2) is 45.0 Å². The van der Waals surface area contributed by atoms with Gasteiger partial charge >= 0.3 is 0 Å². The molecule has 0 fully saturated rings. The lowest BCUT2D eigenvalue weighted by molar-refractivity contribution is -0.115. The van der Waals surface area contributed by atoms with Crippen molar-refractivity contribution in [2.24, 2.45) is 0 Å². The molecular weight excluding hydrogens is 344 g/mol. The fourth-order valence-electron chi connectivity index (χ4n) is 2.76. The Hall–Kier alpha value is -3.02. The number of carbonyl (C=O) groups excluding carboxylic acids is 2. The van der Waals surface area contributed by atoms with Gasteiger partial charge in [0.1, 0.15) is 0 Å². The lowest BCUT2D eigenvalue weighted by Crippen LogP contribution is -2.24. The molecule has 0 saturated carbocycles. The highest BCUT2D eigenvalue weighted by Crippen LogP contribution is 2.34. The molecule has 0 spiro atoms. The highest BCUT2D eigenvalue weighted by Gasteiger charge is 2.20. The zero-order chi connectivity index (χ0) is 20.1. The second kappa shape index (κ2) is 8.58. The van der Waals surface area contributed by atoms with Gasteiger partial charge in [-0.3, -0.25) is 9.59 Å². The maximum absolute atomic E-state index is 12.6. The van der Waals surface area contributed by atoms with Gasteiger partial charge in [-0.1, -0.05) is 23.8 Å². The van der Waals surface area contributed by atoms with Crippen molar-refractivity contribution in [3.05, 3.63) is 52.6 Å². The number of carbonyl (C=O) groups is 2. The van der Waals surface area contributed by atoms with E-state index in [-0.39, 0.29) is 18.2 Å². The zero-order valence-electron chi connectivity index (χ0n) is 16.7. The number of benzene rings is 2. The van der Waals surface area contributed by atoms with Crippen LogP contribution >= 0.6 is 0 Å². The SMILES string of the molecule is COc1cc(NC(=O)Cc2cc(C)ccc2C)c(C(=O)N(C)C)cc1OC. The maximum Gasteiger partial charge on any atom is 0.255 e. The molecule has 2 aromatic rings. The van der Waals surface area contributed by atoms with Gasteiger partial charge < -0.3 is 19.7 Å². The van der Waals surface area contributed by atoms with Crippen LogP contribution in [0.1, 0.15) is 27.0 Å². The van der Waals surface area contributed by atoms with Crippen LogP contribution in [0.3, 0.4) is 0 Å². The van der Waals surface area contributed by atoms with E-state index < -0.39 is 0 Å². The standard InChI is InChI=1S/C21H26N2O4/c1-13-7-8-14(2)15(9-13)10-20(24)22-17-12-19(27-6)18(26-5)11-16(17)21(25)23(3)4/h7-9,11-12H,10H2,1-6H3,(H,22,24). The summed E-state index contributed by atoms with van der Waals surface area (Å²) in [6, 6.07) is 9.19. The topological polar surface area (TPSA) is 67.9 Å². The average molecular weight is 370 g/mol. The molecule has 0 atom stereocenters. The van der Waals surface area contributed by atoms with E-state index in [0.29, 0.717) is 22.7 Å². The minimum absolute atomic E-state index is 0.205. The smallest absolute Gasteiger partial charge is 0.255 e. The van der Waals surface area contributed by atoms with E-state index in [0.717, 1.165) is 16.7 Å². The van der Waals surface area contributed by atoms with E-state index in [1.807, 2.05) is 32.0 Å². The third-order valence-electron chi connectivity index (χ3n) is 4.29. The average Bonchev–Trinajstić information content (AvgIpc) is 2.63. The molecule has 2 aromatic carbocycles. The number of nitrogens with one attached hydrogen (secondary N) is 1. The Bertz CT molecular complexity index is 860. The van der Waals surface area contributed by atoms with Gasteiger partial charge in [0.15, 0.2) is 11.5 Å². The molecule has 0 aliphatic rings. The highest BCUT2D eigenvalue weighted by atomic mass is 16.5. The molecule has 0 saturated heterocycles. The van der Waals surface area contributed by atoms with Crippen LogP contribution in [0.4, 0.5) is 5.69 Å². The predicted molar refractivity (Wildman–Crippen MR) is 106 cm³/mol. The molecule has 1 N–H and O–H groups in total. The van der Waals surface area contributed by atoms with Gasteiger partial charge in [0.25, 0.3) is 5.91 Å². The predicted octanol–water partition coefficient (Wildman–Crippen LogP) is 3.20. The van der Waals surface area contributed by atoms with E-state index in [1.54, 1.807) is 26.2 Å². The van der Waals surface area contributed by atoms with Crippen molar-refractivity contribution < 1.29 is 19.1 Å². The van der Waals surface area contributed by atoms with E-state index in [9.17, 15) is 9.59 Å². The number of amides is 2. The van der Waals surface area contributed by atoms with Crippen molar-refractivity contribution >= 4 is 17.5 Å². The summed E-state index contributed by atoms with van der Waals surface area (Å²) in [4.78, 5) is 26.6. The molecule has 2 rings (SSSR count).